The van der Waals surface area contributed by atoms with Crippen molar-refractivity contribution in [3.8, 4) is 28.7 Å². The number of H-pyrrole nitrogens is 1. The number of nitrogens with zero attached hydrogens (tertiary/aromatic N) is 1. The third-order valence-electron chi connectivity index (χ3n) is 4.38. The molecule has 1 heterocycles. The molecule has 10 heteroatoms. The predicted octanol–water partition coefficient (Wildman–Crippen LogP) is 1.41. The molecule has 0 saturated heterocycles. The van der Waals surface area contributed by atoms with Gasteiger partial charge in [-0.3, -0.25) is 4.79 Å². The Kier molecular flexibility index (Phi) is 5.18. The second-order valence-electron chi connectivity index (χ2n) is 5.85. The average molecular weight is 402 g/mol. The molecule has 152 valence electrons. The molecular formula is C19H18N2O8. The summed E-state index contributed by atoms with van der Waals surface area (Å²) in [6, 6.07) is 5.30. The fraction of sp³-hybridized carbons (Fsp3) is 0.211. The van der Waals surface area contributed by atoms with Crippen LogP contribution < -0.4 is 30.2 Å². The fourth-order valence-electron chi connectivity index (χ4n) is 2.99. The van der Waals surface area contributed by atoms with E-state index in [1.165, 1.54) is 52.7 Å². The van der Waals surface area contributed by atoms with Crippen LogP contribution in [0.2, 0.25) is 0 Å². The van der Waals surface area contributed by atoms with Crippen LogP contribution in [-0.2, 0) is 0 Å². The topological polar surface area (TPSA) is 129 Å². The molecule has 2 N–H and O–H groups in total. The first kappa shape index (κ1) is 19.8. The summed E-state index contributed by atoms with van der Waals surface area (Å²) in [5, 5.41) is 9.70. The molecule has 29 heavy (non-hydrogen) atoms. The normalized spacial score (nSPS) is 10.6. The van der Waals surface area contributed by atoms with Gasteiger partial charge < -0.3 is 29.0 Å². The van der Waals surface area contributed by atoms with E-state index in [2.05, 4.69) is 4.98 Å². The van der Waals surface area contributed by atoms with Crippen molar-refractivity contribution in [2.45, 2.75) is 0 Å². The maximum absolute atomic E-state index is 13.1. The number of ether oxygens (including phenoxy) is 4. The number of carboxylic acid groups (broad SMARTS) is 1. The van der Waals surface area contributed by atoms with Crippen molar-refractivity contribution >= 4 is 16.9 Å². The van der Waals surface area contributed by atoms with Gasteiger partial charge in [0.05, 0.1) is 50.6 Å². The number of aromatic carboxylic acids is 1. The largest absolute Gasteiger partial charge is 0.493 e. The minimum Gasteiger partial charge on any atom is -0.493 e. The van der Waals surface area contributed by atoms with Crippen LogP contribution in [0.15, 0.2) is 33.9 Å². The highest BCUT2D eigenvalue weighted by atomic mass is 16.5. The van der Waals surface area contributed by atoms with Gasteiger partial charge in [-0.25, -0.2) is 14.2 Å². The van der Waals surface area contributed by atoms with Crippen molar-refractivity contribution in [2.75, 3.05) is 28.4 Å². The lowest BCUT2D eigenvalue weighted by Gasteiger charge is -2.15. The lowest BCUT2D eigenvalue weighted by Crippen LogP contribution is -2.34. The van der Waals surface area contributed by atoms with Crippen LogP contribution >= 0.6 is 0 Å². The minimum atomic E-state index is -1.35. The van der Waals surface area contributed by atoms with Gasteiger partial charge in [-0.2, -0.15) is 0 Å². The van der Waals surface area contributed by atoms with E-state index in [4.69, 9.17) is 18.9 Å². The first-order chi connectivity index (χ1) is 13.9. The van der Waals surface area contributed by atoms with Gasteiger partial charge in [-0.05, 0) is 6.07 Å². The van der Waals surface area contributed by atoms with Crippen molar-refractivity contribution in [3.05, 3.63) is 50.7 Å². The zero-order chi connectivity index (χ0) is 21.3. The molecule has 0 radical (unpaired) electrons. The summed E-state index contributed by atoms with van der Waals surface area (Å²) < 4.78 is 21.4. The van der Waals surface area contributed by atoms with E-state index in [9.17, 15) is 19.5 Å². The van der Waals surface area contributed by atoms with Crippen molar-refractivity contribution < 1.29 is 28.8 Å². The summed E-state index contributed by atoms with van der Waals surface area (Å²) in [7, 11) is 5.53. The monoisotopic (exact) mass is 402 g/mol. The molecular weight excluding hydrogens is 384 g/mol. The molecule has 0 aliphatic rings. The highest BCUT2D eigenvalue weighted by Gasteiger charge is 2.21. The smallest absolute Gasteiger partial charge is 0.337 e. The Morgan fingerprint density at radius 2 is 1.38 bits per heavy atom. The number of nitrogens with one attached hydrogen (secondary N) is 1. The van der Waals surface area contributed by atoms with E-state index >= 15 is 0 Å². The Hall–Kier alpha value is -3.95. The van der Waals surface area contributed by atoms with Crippen LogP contribution in [0.3, 0.4) is 0 Å². The van der Waals surface area contributed by atoms with Gasteiger partial charge in [0.25, 0.3) is 5.56 Å². The first-order valence-corrected chi connectivity index (χ1v) is 8.27. The molecule has 0 aliphatic carbocycles. The lowest BCUT2D eigenvalue weighted by molar-refractivity contribution is 0.0696. The van der Waals surface area contributed by atoms with Crippen LogP contribution in [0.5, 0.6) is 23.0 Å². The van der Waals surface area contributed by atoms with E-state index in [1.54, 1.807) is 0 Å². The summed E-state index contributed by atoms with van der Waals surface area (Å²) >= 11 is 0. The molecule has 3 aromatic rings. The summed E-state index contributed by atoms with van der Waals surface area (Å²) in [4.78, 5) is 40.2. The molecule has 0 spiro atoms. The summed E-state index contributed by atoms with van der Waals surface area (Å²) in [6.45, 7) is 0. The fourth-order valence-corrected chi connectivity index (χ4v) is 2.99. The molecule has 1 aromatic heterocycles. The number of hydrogen-bond donors (Lipinski definition) is 2. The number of hydrogen-bond acceptors (Lipinski definition) is 7. The summed E-state index contributed by atoms with van der Waals surface area (Å²) in [5.41, 5.74) is -1.83. The van der Waals surface area contributed by atoms with Gasteiger partial charge in [-0.15, -0.1) is 0 Å². The molecule has 0 amide bonds. The van der Waals surface area contributed by atoms with Crippen LogP contribution in [0.1, 0.15) is 10.4 Å². The third kappa shape index (κ3) is 3.24. The SMILES string of the molecule is COc1cc(C(=O)O)c(-n2c(=O)[nH]c3cc(OC)c(OC)cc3c2=O)cc1OC. The van der Waals surface area contributed by atoms with E-state index in [0.29, 0.717) is 5.75 Å². The van der Waals surface area contributed by atoms with Crippen molar-refractivity contribution in [3.63, 3.8) is 0 Å². The van der Waals surface area contributed by atoms with Crippen LogP contribution in [0, 0.1) is 0 Å². The van der Waals surface area contributed by atoms with E-state index in [1.807, 2.05) is 0 Å². The third-order valence-corrected chi connectivity index (χ3v) is 4.38. The summed E-state index contributed by atoms with van der Waals surface area (Å²) in [6.07, 6.45) is 0. The van der Waals surface area contributed by atoms with Gasteiger partial charge >= 0.3 is 11.7 Å². The van der Waals surface area contributed by atoms with Gasteiger partial charge in [0.2, 0.25) is 0 Å². The maximum atomic E-state index is 13.1. The molecule has 0 saturated carbocycles. The number of rotatable bonds is 6. The molecule has 0 bridgehead atoms. The number of carboxylic acids is 1. The second-order valence-corrected chi connectivity index (χ2v) is 5.85. The standard InChI is InChI=1S/C19H18N2O8/c1-26-13-5-9-11(7-15(13)28-3)20-19(25)21(17(9)22)12-8-16(29-4)14(27-2)6-10(12)18(23)24/h5-8H,1-4H3,(H,20,25)(H,23,24). The average Bonchev–Trinajstić information content (AvgIpc) is 2.72. The number of benzene rings is 2. The van der Waals surface area contributed by atoms with Crippen LogP contribution in [0.4, 0.5) is 0 Å². The molecule has 0 aliphatic heterocycles. The predicted molar refractivity (Wildman–Crippen MR) is 103 cm³/mol. The van der Waals surface area contributed by atoms with E-state index in [0.717, 1.165) is 4.57 Å². The van der Waals surface area contributed by atoms with Crippen LogP contribution in [0.25, 0.3) is 16.6 Å². The molecule has 0 unspecified atom stereocenters. The number of carbonyl (C=O) groups is 1. The summed E-state index contributed by atoms with van der Waals surface area (Å²) in [5.74, 6) is -0.442. The van der Waals surface area contributed by atoms with E-state index in [-0.39, 0.29) is 39.4 Å². The number of aromatic nitrogens is 2. The highest BCUT2D eigenvalue weighted by Crippen LogP contribution is 2.33. The second kappa shape index (κ2) is 7.58. The van der Waals surface area contributed by atoms with Crippen molar-refractivity contribution in [1.82, 2.24) is 9.55 Å². The Labute approximate surface area is 163 Å². The highest BCUT2D eigenvalue weighted by molar-refractivity contribution is 5.93. The molecule has 0 fully saturated rings. The molecule has 2 aromatic carbocycles. The van der Waals surface area contributed by atoms with Gasteiger partial charge in [-0.1, -0.05) is 0 Å². The van der Waals surface area contributed by atoms with Gasteiger partial charge in [0.15, 0.2) is 23.0 Å². The number of methoxy groups -OCH3 is 4. The molecule has 0 atom stereocenters. The quantitative estimate of drug-likeness (QED) is 0.633. The Balaban J connectivity index is 2.43. The first-order valence-electron chi connectivity index (χ1n) is 8.27. The van der Waals surface area contributed by atoms with Crippen molar-refractivity contribution in [1.29, 1.82) is 0 Å². The maximum Gasteiger partial charge on any atom is 0.337 e. The van der Waals surface area contributed by atoms with Crippen molar-refractivity contribution in [2.24, 2.45) is 0 Å². The lowest BCUT2D eigenvalue weighted by atomic mass is 10.1. The Morgan fingerprint density at radius 3 is 1.93 bits per heavy atom. The number of fused-ring (bicyclic) bond motifs is 1. The van der Waals surface area contributed by atoms with Gasteiger partial charge in [0, 0.05) is 18.2 Å². The zero-order valence-corrected chi connectivity index (χ0v) is 16.1. The van der Waals surface area contributed by atoms with E-state index < -0.39 is 17.2 Å². The Morgan fingerprint density at radius 1 is 0.862 bits per heavy atom. The van der Waals surface area contributed by atoms with Crippen LogP contribution in [-0.4, -0.2) is 49.1 Å². The zero-order valence-electron chi connectivity index (χ0n) is 16.1. The Bertz CT molecular complexity index is 1230. The number of aromatic amines is 1. The van der Waals surface area contributed by atoms with Gasteiger partial charge in [0.1, 0.15) is 0 Å². The minimum absolute atomic E-state index is 0.105. The molecule has 3 rings (SSSR count). The molecule has 10 nitrogen and oxygen atoms in total.